The Bertz CT molecular complexity index is 515. The molecule has 0 aromatic heterocycles. The average Bonchev–Trinajstić information content (AvgIpc) is 3.19. The first-order valence-corrected chi connectivity index (χ1v) is 6.42. The van der Waals surface area contributed by atoms with Gasteiger partial charge in [-0.1, -0.05) is 11.6 Å². The van der Waals surface area contributed by atoms with E-state index in [4.69, 9.17) is 11.6 Å². The molecule has 1 atom stereocenters. The van der Waals surface area contributed by atoms with Crippen LogP contribution in [0.3, 0.4) is 0 Å². The van der Waals surface area contributed by atoms with E-state index in [0.717, 1.165) is 25.0 Å². The van der Waals surface area contributed by atoms with Crippen LogP contribution in [0.1, 0.15) is 18.4 Å². The Morgan fingerprint density at radius 1 is 1.45 bits per heavy atom. The Morgan fingerprint density at radius 3 is 2.55 bits per heavy atom. The molecule has 0 spiro atoms. The van der Waals surface area contributed by atoms with Crippen molar-refractivity contribution in [1.82, 2.24) is 0 Å². The third kappa shape index (κ3) is 3.36. The first-order chi connectivity index (χ1) is 9.32. The molecule has 0 bridgehead atoms. The Kier molecular flexibility index (Phi) is 4.13. The first-order valence-electron chi connectivity index (χ1n) is 6.04. The first kappa shape index (κ1) is 15.0. The monoisotopic (exact) mass is 307 g/mol. The van der Waals surface area contributed by atoms with Gasteiger partial charge in [0.2, 0.25) is 0 Å². The van der Waals surface area contributed by atoms with Crippen LogP contribution in [0.4, 0.5) is 18.9 Å². The summed E-state index contributed by atoms with van der Waals surface area (Å²) in [6, 6.07) is 2.42. The number of methoxy groups -OCH3 is 1. The molecule has 0 saturated heterocycles. The number of esters is 1. The van der Waals surface area contributed by atoms with Crippen molar-refractivity contribution in [2.45, 2.75) is 25.1 Å². The van der Waals surface area contributed by atoms with Gasteiger partial charge in [0.05, 0.1) is 23.4 Å². The third-order valence-corrected chi connectivity index (χ3v) is 3.47. The number of anilines is 1. The zero-order valence-corrected chi connectivity index (χ0v) is 11.4. The van der Waals surface area contributed by atoms with Gasteiger partial charge in [0, 0.05) is 0 Å². The van der Waals surface area contributed by atoms with Crippen molar-refractivity contribution in [3.63, 3.8) is 0 Å². The lowest BCUT2D eigenvalue weighted by Gasteiger charge is -2.18. The molecule has 0 heterocycles. The van der Waals surface area contributed by atoms with Crippen molar-refractivity contribution in [1.29, 1.82) is 0 Å². The highest BCUT2D eigenvalue weighted by atomic mass is 35.5. The van der Waals surface area contributed by atoms with Crippen molar-refractivity contribution in [3.05, 3.63) is 28.8 Å². The van der Waals surface area contributed by atoms with Gasteiger partial charge in [-0.25, -0.2) is 4.79 Å². The second kappa shape index (κ2) is 5.52. The Labute approximate surface area is 119 Å². The predicted octanol–water partition coefficient (Wildman–Crippen LogP) is 3.72. The van der Waals surface area contributed by atoms with Crippen molar-refractivity contribution >= 4 is 23.3 Å². The van der Waals surface area contributed by atoms with E-state index in [2.05, 4.69) is 10.1 Å². The maximum absolute atomic E-state index is 12.5. The number of hydrogen-bond donors (Lipinski definition) is 1. The van der Waals surface area contributed by atoms with Crippen LogP contribution in [0.15, 0.2) is 18.2 Å². The molecule has 1 saturated carbocycles. The molecular weight excluding hydrogens is 295 g/mol. The molecule has 1 aliphatic rings. The van der Waals surface area contributed by atoms with Gasteiger partial charge in [-0.2, -0.15) is 13.2 Å². The van der Waals surface area contributed by atoms with E-state index in [0.29, 0.717) is 5.69 Å². The van der Waals surface area contributed by atoms with Gasteiger partial charge < -0.3 is 10.1 Å². The summed E-state index contributed by atoms with van der Waals surface area (Å²) in [5, 5.41) is 2.79. The number of halogens is 4. The van der Waals surface area contributed by atoms with Crippen LogP contribution >= 0.6 is 11.6 Å². The molecule has 1 N–H and O–H groups in total. The van der Waals surface area contributed by atoms with Crippen LogP contribution in [-0.2, 0) is 15.7 Å². The Morgan fingerprint density at radius 2 is 2.10 bits per heavy atom. The van der Waals surface area contributed by atoms with Gasteiger partial charge in [0.15, 0.2) is 0 Å². The van der Waals surface area contributed by atoms with E-state index in [-0.39, 0.29) is 10.9 Å². The molecule has 1 aliphatic carbocycles. The number of alkyl halides is 3. The number of nitrogens with one attached hydrogen (secondary N) is 1. The average molecular weight is 308 g/mol. The summed E-state index contributed by atoms with van der Waals surface area (Å²) in [6.07, 6.45) is -2.68. The minimum Gasteiger partial charge on any atom is -0.467 e. The lowest BCUT2D eigenvalue weighted by molar-refractivity contribution is -0.142. The highest BCUT2D eigenvalue weighted by molar-refractivity contribution is 6.33. The van der Waals surface area contributed by atoms with Gasteiger partial charge in [-0.15, -0.1) is 0 Å². The number of carbonyl (C=O) groups is 1. The fraction of sp³-hybridized carbons (Fsp3) is 0.462. The van der Waals surface area contributed by atoms with Crippen molar-refractivity contribution in [2.24, 2.45) is 5.92 Å². The number of rotatable bonds is 4. The number of carbonyl (C=O) groups excluding carboxylic acids is 1. The maximum atomic E-state index is 12.5. The topological polar surface area (TPSA) is 38.3 Å². The number of ether oxygens (including phenoxy) is 1. The quantitative estimate of drug-likeness (QED) is 0.862. The summed E-state index contributed by atoms with van der Waals surface area (Å²) in [5.74, 6) is -0.302. The second-order valence-electron chi connectivity index (χ2n) is 4.67. The summed E-state index contributed by atoms with van der Waals surface area (Å²) >= 11 is 5.84. The van der Waals surface area contributed by atoms with Crippen LogP contribution in [0.25, 0.3) is 0 Å². The molecule has 1 fully saturated rings. The second-order valence-corrected chi connectivity index (χ2v) is 5.08. The van der Waals surface area contributed by atoms with Crippen LogP contribution in [0.2, 0.25) is 5.02 Å². The molecule has 1 aromatic carbocycles. The molecule has 1 aromatic rings. The van der Waals surface area contributed by atoms with Crippen LogP contribution in [0.5, 0.6) is 0 Å². The maximum Gasteiger partial charge on any atom is 0.416 e. The fourth-order valence-electron chi connectivity index (χ4n) is 1.90. The SMILES string of the molecule is COC(=O)C(Nc1ccc(C(F)(F)F)cc1Cl)C1CC1. The van der Waals surface area contributed by atoms with Gasteiger partial charge >= 0.3 is 12.1 Å². The highest BCUT2D eigenvalue weighted by Gasteiger charge is 2.37. The zero-order chi connectivity index (χ0) is 14.9. The molecule has 0 amide bonds. The molecule has 0 radical (unpaired) electrons. The van der Waals surface area contributed by atoms with Crippen LogP contribution < -0.4 is 5.32 Å². The molecule has 1 unspecified atom stereocenters. The summed E-state index contributed by atoms with van der Waals surface area (Å²) in [7, 11) is 1.27. The Balaban J connectivity index is 2.18. The number of hydrogen-bond acceptors (Lipinski definition) is 3. The molecular formula is C13H13ClF3NO2. The van der Waals surface area contributed by atoms with E-state index < -0.39 is 23.8 Å². The lowest BCUT2D eigenvalue weighted by atomic mass is 10.1. The highest BCUT2D eigenvalue weighted by Crippen LogP contribution is 2.37. The van der Waals surface area contributed by atoms with Crippen molar-refractivity contribution in [3.8, 4) is 0 Å². The molecule has 3 nitrogen and oxygen atoms in total. The van der Waals surface area contributed by atoms with E-state index in [1.165, 1.54) is 13.2 Å². The van der Waals surface area contributed by atoms with E-state index in [1.807, 2.05) is 0 Å². The number of benzene rings is 1. The molecule has 110 valence electrons. The molecule has 2 rings (SSSR count). The third-order valence-electron chi connectivity index (χ3n) is 3.16. The summed E-state index contributed by atoms with van der Waals surface area (Å²) < 4.78 is 42.3. The van der Waals surface area contributed by atoms with E-state index in [9.17, 15) is 18.0 Å². The largest absolute Gasteiger partial charge is 0.467 e. The normalized spacial score (nSPS) is 16.6. The standard InChI is InChI=1S/C13H13ClF3NO2/c1-20-12(19)11(7-2-3-7)18-10-5-4-8(6-9(10)14)13(15,16)17/h4-7,11,18H,2-3H2,1H3. The van der Waals surface area contributed by atoms with Crippen molar-refractivity contribution < 1.29 is 22.7 Å². The molecule has 20 heavy (non-hydrogen) atoms. The Hall–Kier alpha value is -1.43. The minimum atomic E-state index is -4.44. The van der Waals surface area contributed by atoms with Gasteiger partial charge in [-0.3, -0.25) is 0 Å². The predicted molar refractivity (Wildman–Crippen MR) is 68.6 cm³/mol. The smallest absolute Gasteiger partial charge is 0.416 e. The summed E-state index contributed by atoms with van der Waals surface area (Å²) in [6.45, 7) is 0. The van der Waals surface area contributed by atoms with Gasteiger partial charge in [-0.05, 0) is 37.0 Å². The molecule has 0 aliphatic heterocycles. The van der Waals surface area contributed by atoms with Crippen LogP contribution in [-0.4, -0.2) is 19.1 Å². The van der Waals surface area contributed by atoms with Gasteiger partial charge in [0.1, 0.15) is 6.04 Å². The molecule has 7 heteroatoms. The lowest BCUT2D eigenvalue weighted by Crippen LogP contribution is -2.32. The minimum absolute atomic E-state index is 0.0746. The van der Waals surface area contributed by atoms with Crippen LogP contribution in [0, 0.1) is 5.92 Å². The summed E-state index contributed by atoms with van der Waals surface area (Å²) in [5.41, 5.74) is -0.531. The fourth-order valence-corrected chi connectivity index (χ4v) is 2.14. The summed E-state index contributed by atoms with van der Waals surface area (Å²) in [4.78, 5) is 11.6. The van der Waals surface area contributed by atoms with E-state index >= 15 is 0 Å². The van der Waals surface area contributed by atoms with Gasteiger partial charge in [0.25, 0.3) is 0 Å². The van der Waals surface area contributed by atoms with E-state index in [1.54, 1.807) is 0 Å². The van der Waals surface area contributed by atoms with Crippen molar-refractivity contribution in [2.75, 3.05) is 12.4 Å². The zero-order valence-electron chi connectivity index (χ0n) is 10.6.